The maximum absolute atomic E-state index is 12.4. The topological polar surface area (TPSA) is 110 Å². The highest BCUT2D eigenvalue weighted by Crippen LogP contribution is 2.20. The second kappa shape index (κ2) is 5.51. The fourth-order valence-corrected chi connectivity index (χ4v) is 2.76. The van der Waals surface area contributed by atoms with Crippen LogP contribution in [0.25, 0.3) is 11.2 Å². The highest BCUT2D eigenvalue weighted by Gasteiger charge is 2.19. The van der Waals surface area contributed by atoms with Gasteiger partial charge < -0.3 is 9.67 Å². The fraction of sp³-hybridized carbons (Fsp3) is 0.143. The molecule has 0 fully saturated rings. The molecule has 1 aromatic carbocycles. The molecule has 0 amide bonds. The molecule has 0 atom stereocenters. The van der Waals surface area contributed by atoms with Gasteiger partial charge in [-0.3, -0.25) is 19.1 Å². The normalized spacial score (nSPS) is 11.0. The zero-order valence-electron chi connectivity index (χ0n) is 11.9. The van der Waals surface area contributed by atoms with Crippen molar-refractivity contribution in [3.05, 3.63) is 55.4 Å². The van der Waals surface area contributed by atoms with E-state index in [4.69, 9.17) is 0 Å². The Morgan fingerprint density at radius 2 is 2.04 bits per heavy atom. The standard InChI is InChI=1S/C14H11BrN4O4/c1-18-11-10(12(22)17-14(18)23)19(13(15)16-11)6-9(21)7-4-2-3-5-8(7)20/h2-5,20H,6H2,1H3,(H,17,22,23). The van der Waals surface area contributed by atoms with Crippen molar-refractivity contribution in [2.75, 3.05) is 0 Å². The van der Waals surface area contributed by atoms with E-state index in [0.717, 1.165) is 0 Å². The van der Waals surface area contributed by atoms with Gasteiger partial charge in [-0.2, -0.15) is 0 Å². The van der Waals surface area contributed by atoms with Crippen LogP contribution < -0.4 is 11.2 Å². The monoisotopic (exact) mass is 378 g/mol. The van der Waals surface area contributed by atoms with E-state index in [0.29, 0.717) is 0 Å². The number of fused-ring (bicyclic) bond motifs is 1. The number of ketones is 1. The van der Waals surface area contributed by atoms with Crippen LogP contribution >= 0.6 is 15.9 Å². The average molecular weight is 379 g/mol. The summed E-state index contributed by atoms with van der Waals surface area (Å²) in [5.41, 5.74) is -0.820. The molecule has 0 bridgehead atoms. The van der Waals surface area contributed by atoms with E-state index in [1.807, 2.05) is 0 Å². The van der Waals surface area contributed by atoms with Crippen LogP contribution in [0.2, 0.25) is 0 Å². The molecule has 0 spiro atoms. The quantitative estimate of drug-likeness (QED) is 0.516. The summed E-state index contributed by atoms with van der Waals surface area (Å²) in [6.45, 7) is -0.212. The van der Waals surface area contributed by atoms with Crippen molar-refractivity contribution < 1.29 is 9.90 Å². The summed E-state index contributed by atoms with van der Waals surface area (Å²) >= 11 is 3.19. The molecular formula is C14H11BrN4O4. The zero-order chi connectivity index (χ0) is 16.7. The number of carbonyl (C=O) groups excluding carboxylic acids is 1. The van der Waals surface area contributed by atoms with Gasteiger partial charge in [0.15, 0.2) is 21.7 Å². The number of nitrogens with zero attached hydrogens (tertiary/aromatic N) is 3. The summed E-state index contributed by atoms with van der Waals surface area (Å²) in [6.07, 6.45) is 0. The Morgan fingerprint density at radius 1 is 1.35 bits per heavy atom. The summed E-state index contributed by atoms with van der Waals surface area (Å²) in [5, 5.41) is 9.76. The number of aromatic amines is 1. The summed E-state index contributed by atoms with van der Waals surface area (Å²) in [7, 11) is 1.47. The maximum atomic E-state index is 12.4. The Labute approximate surface area is 137 Å². The number of rotatable bonds is 3. The molecule has 3 rings (SSSR count). The number of para-hydroxylation sites is 1. The maximum Gasteiger partial charge on any atom is 0.329 e. The summed E-state index contributed by atoms with van der Waals surface area (Å²) in [5.74, 6) is -0.532. The van der Waals surface area contributed by atoms with Crippen LogP contribution in [-0.4, -0.2) is 30.0 Å². The minimum Gasteiger partial charge on any atom is -0.507 e. The Kier molecular flexibility index (Phi) is 3.64. The van der Waals surface area contributed by atoms with Gasteiger partial charge in [0.25, 0.3) is 5.56 Å². The molecule has 2 heterocycles. The van der Waals surface area contributed by atoms with E-state index in [-0.39, 0.29) is 33.8 Å². The van der Waals surface area contributed by atoms with Gasteiger partial charge >= 0.3 is 5.69 Å². The number of aryl methyl sites for hydroxylation is 1. The van der Waals surface area contributed by atoms with E-state index in [1.165, 1.54) is 28.3 Å². The number of benzene rings is 1. The van der Waals surface area contributed by atoms with E-state index in [1.54, 1.807) is 12.1 Å². The summed E-state index contributed by atoms with van der Waals surface area (Å²) in [4.78, 5) is 42.3. The van der Waals surface area contributed by atoms with Crippen molar-refractivity contribution in [3.63, 3.8) is 0 Å². The van der Waals surface area contributed by atoms with Crippen molar-refractivity contribution in [2.45, 2.75) is 6.54 Å². The Balaban J connectivity index is 2.15. The molecule has 118 valence electrons. The average Bonchev–Trinajstić information content (AvgIpc) is 2.83. The van der Waals surface area contributed by atoms with E-state index < -0.39 is 17.0 Å². The first-order chi connectivity index (χ1) is 10.9. The second-order valence-corrected chi connectivity index (χ2v) is 5.61. The van der Waals surface area contributed by atoms with Gasteiger partial charge in [-0.05, 0) is 28.1 Å². The van der Waals surface area contributed by atoms with Crippen LogP contribution in [0.1, 0.15) is 10.4 Å². The molecule has 2 N–H and O–H groups in total. The van der Waals surface area contributed by atoms with Gasteiger partial charge in [0.1, 0.15) is 5.75 Å². The largest absolute Gasteiger partial charge is 0.507 e. The van der Waals surface area contributed by atoms with Crippen LogP contribution in [0.15, 0.2) is 38.6 Å². The minimum atomic E-state index is -0.633. The molecule has 3 aromatic rings. The van der Waals surface area contributed by atoms with Gasteiger partial charge in [0.2, 0.25) is 0 Å². The molecule has 0 saturated carbocycles. The summed E-state index contributed by atoms with van der Waals surface area (Å²) < 4.78 is 2.77. The lowest BCUT2D eigenvalue weighted by atomic mass is 10.1. The van der Waals surface area contributed by atoms with Crippen LogP contribution in [0.3, 0.4) is 0 Å². The molecule has 0 aliphatic carbocycles. The highest BCUT2D eigenvalue weighted by molar-refractivity contribution is 9.10. The Hall–Kier alpha value is -2.68. The van der Waals surface area contributed by atoms with Crippen molar-refractivity contribution in [2.24, 2.45) is 7.05 Å². The Bertz CT molecular complexity index is 1050. The van der Waals surface area contributed by atoms with Crippen LogP contribution in [0, 0.1) is 0 Å². The Morgan fingerprint density at radius 3 is 2.74 bits per heavy atom. The van der Waals surface area contributed by atoms with E-state index in [9.17, 15) is 19.5 Å². The predicted molar refractivity (Wildman–Crippen MR) is 85.7 cm³/mol. The van der Waals surface area contributed by atoms with Crippen molar-refractivity contribution in [3.8, 4) is 5.75 Å². The van der Waals surface area contributed by atoms with E-state index in [2.05, 4.69) is 25.9 Å². The van der Waals surface area contributed by atoms with Crippen molar-refractivity contribution in [1.29, 1.82) is 0 Å². The zero-order valence-corrected chi connectivity index (χ0v) is 13.5. The second-order valence-electron chi connectivity index (χ2n) is 4.90. The molecule has 0 saturated heterocycles. The van der Waals surface area contributed by atoms with Crippen LogP contribution in [0.4, 0.5) is 0 Å². The third kappa shape index (κ3) is 2.48. The fourth-order valence-electron chi connectivity index (χ4n) is 2.29. The summed E-state index contributed by atoms with van der Waals surface area (Å²) in [6, 6.07) is 6.13. The number of hydrogen-bond donors (Lipinski definition) is 2. The minimum absolute atomic E-state index is 0.0998. The van der Waals surface area contributed by atoms with Gasteiger partial charge in [0.05, 0.1) is 12.1 Å². The van der Waals surface area contributed by atoms with E-state index >= 15 is 0 Å². The number of H-pyrrole nitrogens is 1. The highest BCUT2D eigenvalue weighted by atomic mass is 79.9. The third-order valence-corrected chi connectivity index (χ3v) is 4.07. The molecule has 8 nitrogen and oxygen atoms in total. The molecule has 0 unspecified atom stereocenters. The van der Waals surface area contributed by atoms with Crippen molar-refractivity contribution in [1.82, 2.24) is 19.1 Å². The number of hydrogen-bond acceptors (Lipinski definition) is 5. The van der Waals surface area contributed by atoms with Gasteiger partial charge in [-0.1, -0.05) is 12.1 Å². The first-order valence-corrected chi connectivity index (χ1v) is 7.35. The molecule has 0 aliphatic heterocycles. The number of imidazole rings is 1. The number of carbonyl (C=O) groups is 1. The number of aromatic nitrogens is 4. The number of nitrogens with one attached hydrogen (secondary N) is 1. The molecule has 23 heavy (non-hydrogen) atoms. The number of phenolic OH excluding ortho intramolecular Hbond substituents is 1. The van der Waals surface area contributed by atoms with Gasteiger partial charge in [-0.15, -0.1) is 0 Å². The van der Waals surface area contributed by atoms with Gasteiger partial charge in [0, 0.05) is 7.05 Å². The van der Waals surface area contributed by atoms with Crippen molar-refractivity contribution >= 4 is 32.9 Å². The smallest absolute Gasteiger partial charge is 0.329 e. The molecule has 0 aliphatic rings. The first-order valence-electron chi connectivity index (χ1n) is 6.56. The number of halogens is 1. The lowest BCUT2D eigenvalue weighted by molar-refractivity contribution is 0.0970. The molecule has 2 aromatic heterocycles. The SMILES string of the molecule is Cn1c(=O)[nH]c(=O)c2c1nc(Br)n2CC(=O)c1ccccc1O. The molecule has 9 heteroatoms. The van der Waals surface area contributed by atoms with Crippen LogP contribution in [-0.2, 0) is 13.6 Å². The number of phenols is 1. The first kappa shape index (κ1) is 15.2. The number of Topliss-reactive ketones (excluding diaryl/α,β-unsaturated/α-hetero) is 1. The van der Waals surface area contributed by atoms with Gasteiger partial charge in [-0.25, -0.2) is 9.78 Å². The predicted octanol–water partition coefficient (Wildman–Crippen LogP) is 0.774. The third-order valence-electron chi connectivity index (χ3n) is 3.47. The lowest BCUT2D eigenvalue weighted by Gasteiger charge is -2.06. The molecule has 0 radical (unpaired) electrons. The number of aromatic hydroxyl groups is 1. The lowest BCUT2D eigenvalue weighted by Crippen LogP contribution is -2.29. The van der Waals surface area contributed by atoms with Crippen LogP contribution in [0.5, 0.6) is 5.75 Å². The molecular weight excluding hydrogens is 368 g/mol.